The molecule has 32 heavy (non-hydrogen) atoms. The van der Waals surface area contributed by atoms with Gasteiger partial charge in [0.15, 0.2) is 0 Å². The van der Waals surface area contributed by atoms with Gasteiger partial charge in [-0.25, -0.2) is 8.42 Å². The fraction of sp³-hybridized carbons (Fsp3) is 0.435. The van der Waals surface area contributed by atoms with Crippen LogP contribution in [0.25, 0.3) is 0 Å². The number of amides is 1. The van der Waals surface area contributed by atoms with Gasteiger partial charge in [-0.15, -0.1) is 0 Å². The van der Waals surface area contributed by atoms with Crippen molar-refractivity contribution >= 4 is 27.3 Å². The Bertz CT molecular complexity index is 1030. The van der Waals surface area contributed by atoms with E-state index in [1.807, 2.05) is 18.2 Å². The van der Waals surface area contributed by atoms with E-state index in [1.54, 1.807) is 31.4 Å². The number of hydrogen-bond acceptors (Lipinski definition) is 6. The van der Waals surface area contributed by atoms with Crippen molar-refractivity contribution < 1.29 is 17.9 Å². The van der Waals surface area contributed by atoms with Gasteiger partial charge in [-0.05, 0) is 49.2 Å². The molecule has 0 unspecified atom stereocenters. The molecule has 2 aliphatic rings. The number of anilines is 2. The molecule has 2 fully saturated rings. The Hall–Kier alpha value is -2.62. The zero-order chi connectivity index (χ0) is 22.6. The van der Waals surface area contributed by atoms with Gasteiger partial charge in [-0.3, -0.25) is 9.69 Å². The summed E-state index contributed by atoms with van der Waals surface area (Å²) < 4.78 is 32.2. The molecule has 2 saturated heterocycles. The SMILES string of the molecule is COc1ccccc1N1CCN(CC(=O)Nc2ccc(S(=O)(=O)N3CCCC3)cc2)CC1. The summed E-state index contributed by atoms with van der Waals surface area (Å²) in [7, 11) is -1.77. The van der Waals surface area contributed by atoms with E-state index in [-0.39, 0.29) is 10.8 Å². The number of benzene rings is 2. The smallest absolute Gasteiger partial charge is 0.243 e. The van der Waals surface area contributed by atoms with Crippen molar-refractivity contribution in [3.8, 4) is 5.75 Å². The summed E-state index contributed by atoms with van der Waals surface area (Å²) in [5.41, 5.74) is 1.67. The van der Waals surface area contributed by atoms with Gasteiger partial charge < -0.3 is 15.0 Å². The van der Waals surface area contributed by atoms with Gasteiger partial charge in [0, 0.05) is 45.0 Å². The molecule has 4 rings (SSSR count). The predicted molar refractivity (Wildman–Crippen MR) is 125 cm³/mol. The summed E-state index contributed by atoms with van der Waals surface area (Å²) in [5.74, 6) is 0.750. The van der Waals surface area contributed by atoms with Crippen LogP contribution in [0.15, 0.2) is 53.4 Å². The standard InChI is InChI=1S/C23H30N4O4S/c1-31-22-7-3-2-6-21(22)26-16-14-25(15-17-26)18-23(28)24-19-8-10-20(11-9-19)32(29,30)27-12-4-5-13-27/h2-3,6-11H,4-5,12-18H2,1H3,(H,24,28). The van der Waals surface area contributed by atoms with Crippen LogP contribution in [0, 0.1) is 0 Å². The number of rotatable bonds is 7. The highest BCUT2D eigenvalue weighted by Crippen LogP contribution is 2.28. The lowest BCUT2D eigenvalue weighted by atomic mass is 10.2. The van der Waals surface area contributed by atoms with Gasteiger partial charge in [0.25, 0.3) is 0 Å². The molecule has 172 valence electrons. The Balaban J connectivity index is 1.28. The van der Waals surface area contributed by atoms with Crippen molar-refractivity contribution in [1.29, 1.82) is 0 Å². The monoisotopic (exact) mass is 458 g/mol. The molecule has 2 aromatic rings. The first-order chi connectivity index (χ1) is 15.5. The first-order valence-corrected chi connectivity index (χ1v) is 12.4. The maximum absolute atomic E-state index is 12.6. The van der Waals surface area contributed by atoms with Crippen LogP contribution in [-0.2, 0) is 14.8 Å². The number of sulfonamides is 1. The largest absolute Gasteiger partial charge is 0.495 e. The lowest BCUT2D eigenvalue weighted by Gasteiger charge is -2.36. The number of piperazine rings is 1. The molecule has 0 radical (unpaired) electrons. The fourth-order valence-electron chi connectivity index (χ4n) is 4.23. The minimum atomic E-state index is -3.44. The van der Waals surface area contributed by atoms with E-state index in [0.717, 1.165) is 50.5 Å². The van der Waals surface area contributed by atoms with Crippen molar-refractivity contribution in [2.24, 2.45) is 0 Å². The minimum absolute atomic E-state index is 0.106. The van der Waals surface area contributed by atoms with E-state index >= 15 is 0 Å². The van der Waals surface area contributed by atoms with Crippen molar-refractivity contribution in [3.05, 3.63) is 48.5 Å². The third-order valence-corrected chi connectivity index (χ3v) is 7.92. The number of carbonyl (C=O) groups is 1. The summed E-state index contributed by atoms with van der Waals surface area (Å²) in [5, 5.41) is 2.88. The molecule has 0 spiro atoms. The van der Waals surface area contributed by atoms with Gasteiger partial charge in [-0.2, -0.15) is 4.31 Å². The number of nitrogens with zero attached hydrogens (tertiary/aromatic N) is 3. The zero-order valence-electron chi connectivity index (χ0n) is 18.4. The number of ether oxygens (including phenoxy) is 1. The molecule has 1 amide bonds. The predicted octanol–water partition coefficient (Wildman–Crippen LogP) is 2.24. The van der Waals surface area contributed by atoms with Crippen LogP contribution in [0.1, 0.15) is 12.8 Å². The number of nitrogens with one attached hydrogen (secondary N) is 1. The highest BCUT2D eigenvalue weighted by atomic mass is 32.2. The van der Waals surface area contributed by atoms with Crippen LogP contribution in [0.2, 0.25) is 0 Å². The molecule has 1 N–H and O–H groups in total. The first kappa shape index (κ1) is 22.6. The van der Waals surface area contributed by atoms with Gasteiger partial charge in [0.05, 0.1) is 24.2 Å². The molecule has 2 aliphatic heterocycles. The quantitative estimate of drug-likeness (QED) is 0.685. The topological polar surface area (TPSA) is 82.2 Å². The van der Waals surface area contributed by atoms with Crippen LogP contribution in [0.3, 0.4) is 0 Å². The molecular weight excluding hydrogens is 428 g/mol. The van der Waals surface area contributed by atoms with Crippen molar-refractivity contribution in [2.75, 3.05) is 63.1 Å². The van der Waals surface area contributed by atoms with Crippen molar-refractivity contribution in [2.45, 2.75) is 17.7 Å². The summed E-state index contributed by atoms with van der Waals surface area (Å²) in [6.07, 6.45) is 1.81. The van der Waals surface area contributed by atoms with E-state index < -0.39 is 10.0 Å². The number of para-hydroxylation sites is 2. The molecular formula is C23H30N4O4S. The number of carbonyl (C=O) groups excluding carboxylic acids is 1. The van der Waals surface area contributed by atoms with Crippen LogP contribution in [0.4, 0.5) is 11.4 Å². The third kappa shape index (κ3) is 5.06. The Morgan fingerprint density at radius 2 is 1.59 bits per heavy atom. The Kier molecular flexibility index (Phi) is 6.98. The minimum Gasteiger partial charge on any atom is -0.495 e. The lowest BCUT2D eigenvalue weighted by Crippen LogP contribution is -2.48. The van der Waals surface area contributed by atoms with Crippen LogP contribution in [0.5, 0.6) is 5.75 Å². The molecule has 0 aliphatic carbocycles. The normalized spacial score (nSPS) is 18.0. The summed E-state index contributed by atoms with van der Waals surface area (Å²) >= 11 is 0. The molecule has 0 bridgehead atoms. The van der Waals surface area contributed by atoms with Crippen molar-refractivity contribution in [1.82, 2.24) is 9.21 Å². The van der Waals surface area contributed by atoms with Gasteiger partial charge in [0.2, 0.25) is 15.9 Å². The Labute approximate surface area is 189 Å². The molecule has 0 saturated carbocycles. The van der Waals surface area contributed by atoms with E-state index in [9.17, 15) is 13.2 Å². The average molecular weight is 459 g/mol. The Morgan fingerprint density at radius 3 is 2.25 bits per heavy atom. The van der Waals surface area contributed by atoms with Crippen LogP contribution < -0.4 is 15.0 Å². The molecule has 9 heteroatoms. The highest BCUT2D eigenvalue weighted by Gasteiger charge is 2.27. The summed E-state index contributed by atoms with van der Waals surface area (Å²) in [6.45, 7) is 4.63. The van der Waals surface area contributed by atoms with E-state index in [0.29, 0.717) is 25.3 Å². The van der Waals surface area contributed by atoms with Crippen LogP contribution >= 0.6 is 0 Å². The highest BCUT2D eigenvalue weighted by molar-refractivity contribution is 7.89. The molecule has 0 atom stereocenters. The number of methoxy groups -OCH3 is 1. The first-order valence-electron chi connectivity index (χ1n) is 11.0. The van der Waals surface area contributed by atoms with Crippen molar-refractivity contribution in [3.63, 3.8) is 0 Å². The average Bonchev–Trinajstić information content (AvgIpc) is 3.36. The van der Waals surface area contributed by atoms with E-state index in [1.165, 1.54) is 4.31 Å². The second kappa shape index (κ2) is 9.89. The maximum Gasteiger partial charge on any atom is 0.243 e. The fourth-order valence-corrected chi connectivity index (χ4v) is 5.75. The van der Waals surface area contributed by atoms with Gasteiger partial charge in [0.1, 0.15) is 5.75 Å². The maximum atomic E-state index is 12.6. The molecule has 2 heterocycles. The second-order valence-corrected chi connectivity index (χ2v) is 10.1. The lowest BCUT2D eigenvalue weighted by molar-refractivity contribution is -0.117. The van der Waals surface area contributed by atoms with Gasteiger partial charge >= 0.3 is 0 Å². The van der Waals surface area contributed by atoms with Crippen LogP contribution in [-0.4, -0.2) is 76.5 Å². The van der Waals surface area contributed by atoms with E-state index in [2.05, 4.69) is 21.2 Å². The van der Waals surface area contributed by atoms with Gasteiger partial charge in [-0.1, -0.05) is 12.1 Å². The summed E-state index contributed by atoms with van der Waals surface area (Å²) in [4.78, 5) is 17.2. The molecule has 0 aromatic heterocycles. The zero-order valence-corrected chi connectivity index (χ0v) is 19.2. The third-order valence-electron chi connectivity index (χ3n) is 6.01. The Morgan fingerprint density at radius 1 is 0.938 bits per heavy atom. The number of hydrogen-bond donors (Lipinski definition) is 1. The second-order valence-electron chi connectivity index (χ2n) is 8.12. The van der Waals surface area contributed by atoms with E-state index in [4.69, 9.17) is 4.74 Å². The molecule has 2 aromatic carbocycles. The molecule has 8 nitrogen and oxygen atoms in total. The summed E-state index contributed by atoms with van der Waals surface area (Å²) in [6, 6.07) is 14.4.